The van der Waals surface area contributed by atoms with Gasteiger partial charge in [0.15, 0.2) is 6.61 Å². The number of aryl methyl sites for hydroxylation is 1. The molecular formula is C18H21NO4. The molecule has 0 fully saturated rings. The number of hydrogen-bond donors (Lipinski definition) is 1. The largest absolute Gasteiger partial charge is 0.495 e. The Bertz CT molecular complexity index is 653. The maximum Gasteiger partial charge on any atom is 0.262 e. The van der Waals surface area contributed by atoms with Gasteiger partial charge in [-0.3, -0.25) is 4.79 Å². The molecule has 0 radical (unpaired) electrons. The van der Waals surface area contributed by atoms with E-state index in [1.807, 2.05) is 32.0 Å². The van der Waals surface area contributed by atoms with Gasteiger partial charge >= 0.3 is 0 Å². The topological polar surface area (TPSA) is 56.8 Å². The quantitative estimate of drug-likeness (QED) is 0.850. The lowest BCUT2D eigenvalue weighted by atomic mass is 10.2. The van der Waals surface area contributed by atoms with Crippen LogP contribution in [0.2, 0.25) is 0 Å². The molecular weight excluding hydrogens is 294 g/mol. The number of carbonyl (C=O) groups is 1. The van der Waals surface area contributed by atoms with E-state index in [0.717, 1.165) is 11.3 Å². The molecule has 2 rings (SSSR count). The van der Waals surface area contributed by atoms with Crippen LogP contribution in [0.1, 0.15) is 12.5 Å². The summed E-state index contributed by atoms with van der Waals surface area (Å²) < 4.78 is 16.1. The molecule has 0 aliphatic carbocycles. The average molecular weight is 315 g/mol. The third-order valence-electron chi connectivity index (χ3n) is 3.13. The fourth-order valence-corrected chi connectivity index (χ4v) is 2.05. The van der Waals surface area contributed by atoms with Gasteiger partial charge < -0.3 is 19.5 Å². The second kappa shape index (κ2) is 8.08. The van der Waals surface area contributed by atoms with Crippen molar-refractivity contribution < 1.29 is 19.0 Å². The Morgan fingerprint density at radius 1 is 1.04 bits per heavy atom. The minimum Gasteiger partial charge on any atom is -0.495 e. The van der Waals surface area contributed by atoms with E-state index in [1.165, 1.54) is 0 Å². The normalized spacial score (nSPS) is 10.0. The van der Waals surface area contributed by atoms with Crippen molar-refractivity contribution in [1.82, 2.24) is 0 Å². The number of methoxy groups -OCH3 is 1. The lowest BCUT2D eigenvalue weighted by Crippen LogP contribution is -2.20. The Labute approximate surface area is 136 Å². The molecule has 5 heteroatoms. The zero-order valence-corrected chi connectivity index (χ0v) is 13.6. The van der Waals surface area contributed by atoms with Gasteiger partial charge in [-0.1, -0.05) is 6.07 Å². The van der Waals surface area contributed by atoms with Crippen LogP contribution >= 0.6 is 0 Å². The molecule has 0 aliphatic rings. The maximum atomic E-state index is 12.0. The Hall–Kier alpha value is -2.69. The molecule has 23 heavy (non-hydrogen) atoms. The van der Waals surface area contributed by atoms with Crippen molar-refractivity contribution in [2.75, 3.05) is 25.6 Å². The summed E-state index contributed by atoms with van der Waals surface area (Å²) in [6.07, 6.45) is 0. The predicted molar refractivity (Wildman–Crippen MR) is 89.5 cm³/mol. The van der Waals surface area contributed by atoms with Crippen molar-refractivity contribution >= 4 is 11.6 Å². The minimum atomic E-state index is -0.247. The van der Waals surface area contributed by atoms with Gasteiger partial charge in [-0.05, 0) is 55.8 Å². The monoisotopic (exact) mass is 315 g/mol. The van der Waals surface area contributed by atoms with Gasteiger partial charge in [-0.15, -0.1) is 0 Å². The molecule has 0 aliphatic heterocycles. The first-order valence-corrected chi connectivity index (χ1v) is 7.42. The van der Waals surface area contributed by atoms with Crippen LogP contribution < -0.4 is 19.5 Å². The minimum absolute atomic E-state index is 0.0783. The van der Waals surface area contributed by atoms with E-state index in [1.54, 1.807) is 31.4 Å². The van der Waals surface area contributed by atoms with Crippen LogP contribution in [0.5, 0.6) is 17.2 Å². The summed E-state index contributed by atoms with van der Waals surface area (Å²) in [4.78, 5) is 12.0. The van der Waals surface area contributed by atoms with Gasteiger partial charge in [0.05, 0.1) is 19.4 Å². The summed E-state index contributed by atoms with van der Waals surface area (Å²) in [7, 11) is 1.57. The van der Waals surface area contributed by atoms with Crippen LogP contribution in [0.25, 0.3) is 0 Å². The summed E-state index contributed by atoms with van der Waals surface area (Å²) in [6.45, 7) is 4.41. The molecule has 0 unspecified atom stereocenters. The van der Waals surface area contributed by atoms with E-state index in [-0.39, 0.29) is 12.5 Å². The van der Waals surface area contributed by atoms with Gasteiger partial charge in [0.25, 0.3) is 5.91 Å². The molecule has 1 amide bonds. The molecule has 2 aromatic carbocycles. The highest BCUT2D eigenvalue weighted by Gasteiger charge is 2.08. The van der Waals surface area contributed by atoms with E-state index in [2.05, 4.69) is 5.32 Å². The fourth-order valence-electron chi connectivity index (χ4n) is 2.05. The van der Waals surface area contributed by atoms with Crippen LogP contribution in [0.15, 0.2) is 42.5 Å². The van der Waals surface area contributed by atoms with Crippen molar-refractivity contribution in [3.8, 4) is 17.2 Å². The van der Waals surface area contributed by atoms with Crippen molar-refractivity contribution in [2.24, 2.45) is 0 Å². The van der Waals surface area contributed by atoms with Crippen LogP contribution in [0.3, 0.4) is 0 Å². The van der Waals surface area contributed by atoms with E-state index < -0.39 is 0 Å². The second-order valence-corrected chi connectivity index (χ2v) is 4.95. The highest BCUT2D eigenvalue weighted by atomic mass is 16.5. The second-order valence-electron chi connectivity index (χ2n) is 4.95. The molecule has 0 saturated heterocycles. The van der Waals surface area contributed by atoms with Crippen LogP contribution in [-0.4, -0.2) is 26.2 Å². The van der Waals surface area contributed by atoms with Gasteiger partial charge in [-0.2, -0.15) is 0 Å². The Morgan fingerprint density at radius 3 is 2.30 bits per heavy atom. The zero-order valence-electron chi connectivity index (χ0n) is 13.6. The molecule has 0 bridgehead atoms. The lowest BCUT2D eigenvalue weighted by molar-refractivity contribution is -0.118. The van der Waals surface area contributed by atoms with E-state index in [9.17, 15) is 4.79 Å². The molecule has 0 aromatic heterocycles. The number of ether oxygens (including phenoxy) is 3. The highest BCUT2D eigenvalue weighted by Crippen LogP contribution is 2.25. The standard InChI is InChI=1S/C18H21NO4/c1-4-22-14-6-8-15(9-7-14)23-12-18(20)19-16-11-13(2)5-10-17(16)21-3/h5-11H,4,12H2,1-3H3,(H,19,20). The molecule has 2 aromatic rings. The predicted octanol–water partition coefficient (Wildman–Crippen LogP) is 3.42. The van der Waals surface area contributed by atoms with Crippen molar-refractivity contribution in [2.45, 2.75) is 13.8 Å². The number of rotatable bonds is 7. The van der Waals surface area contributed by atoms with Gasteiger partial charge in [0.2, 0.25) is 0 Å². The van der Waals surface area contributed by atoms with E-state index in [4.69, 9.17) is 14.2 Å². The van der Waals surface area contributed by atoms with Gasteiger partial charge in [0, 0.05) is 0 Å². The SMILES string of the molecule is CCOc1ccc(OCC(=O)Nc2cc(C)ccc2OC)cc1. The van der Waals surface area contributed by atoms with Crippen LogP contribution in [-0.2, 0) is 4.79 Å². The molecule has 5 nitrogen and oxygen atoms in total. The third kappa shape index (κ3) is 4.92. The lowest BCUT2D eigenvalue weighted by Gasteiger charge is -2.12. The number of hydrogen-bond acceptors (Lipinski definition) is 4. The molecule has 0 spiro atoms. The smallest absolute Gasteiger partial charge is 0.262 e. The first-order chi connectivity index (χ1) is 11.1. The average Bonchev–Trinajstić information content (AvgIpc) is 2.55. The summed E-state index contributed by atoms with van der Waals surface area (Å²) >= 11 is 0. The van der Waals surface area contributed by atoms with E-state index >= 15 is 0 Å². The van der Waals surface area contributed by atoms with Crippen molar-refractivity contribution in [3.05, 3.63) is 48.0 Å². The number of benzene rings is 2. The Morgan fingerprint density at radius 2 is 1.70 bits per heavy atom. The number of anilines is 1. The van der Waals surface area contributed by atoms with Crippen LogP contribution in [0, 0.1) is 6.92 Å². The number of nitrogens with one attached hydrogen (secondary N) is 1. The van der Waals surface area contributed by atoms with Gasteiger partial charge in [0.1, 0.15) is 17.2 Å². The summed E-state index contributed by atoms with van der Waals surface area (Å²) in [5, 5.41) is 2.79. The zero-order chi connectivity index (χ0) is 16.7. The number of amides is 1. The molecule has 0 saturated carbocycles. The first kappa shape index (κ1) is 16.7. The molecule has 0 heterocycles. The first-order valence-electron chi connectivity index (χ1n) is 7.42. The molecule has 122 valence electrons. The molecule has 1 N–H and O–H groups in total. The van der Waals surface area contributed by atoms with Crippen LogP contribution in [0.4, 0.5) is 5.69 Å². The summed E-state index contributed by atoms with van der Waals surface area (Å²) in [6, 6.07) is 12.7. The van der Waals surface area contributed by atoms with Gasteiger partial charge in [-0.25, -0.2) is 0 Å². The number of carbonyl (C=O) groups excluding carboxylic acids is 1. The maximum absolute atomic E-state index is 12.0. The Kier molecular flexibility index (Phi) is 5.86. The Balaban J connectivity index is 1.91. The van der Waals surface area contributed by atoms with Crippen molar-refractivity contribution in [1.29, 1.82) is 0 Å². The molecule has 0 atom stereocenters. The highest BCUT2D eigenvalue weighted by molar-refractivity contribution is 5.93. The fraction of sp³-hybridized carbons (Fsp3) is 0.278. The van der Waals surface area contributed by atoms with E-state index in [0.29, 0.717) is 23.8 Å². The van der Waals surface area contributed by atoms with Crippen molar-refractivity contribution in [3.63, 3.8) is 0 Å². The summed E-state index contributed by atoms with van der Waals surface area (Å²) in [5.41, 5.74) is 1.67. The third-order valence-corrected chi connectivity index (χ3v) is 3.13. The summed E-state index contributed by atoms with van der Waals surface area (Å²) in [5.74, 6) is 1.75.